The Bertz CT molecular complexity index is 1240. The molecule has 1 saturated heterocycles. The molecule has 7 heteroatoms. The van der Waals surface area contributed by atoms with Crippen LogP contribution in [0.2, 0.25) is 0 Å². The molecule has 0 aromatic carbocycles. The van der Waals surface area contributed by atoms with Crippen molar-refractivity contribution in [2.24, 2.45) is 0 Å². The Kier molecular flexibility index (Phi) is 3.91. The third-order valence-electron chi connectivity index (χ3n) is 5.27. The number of anilines is 1. The minimum atomic E-state index is -0.425. The van der Waals surface area contributed by atoms with Gasteiger partial charge in [-0.1, -0.05) is 0 Å². The molecule has 1 aliphatic heterocycles. The molecule has 0 aliphatic carbocycles. The van der Waals surface area contributed by atoms with Gasteiger partial charge in [-0.05, 0) is 49.7 Å². The second-order valence-electron chi connectivity index (χ2n) is 7.35. The van der Waals surface area contributed by atoms with E-state index in [1.54, 1.807) is 0 Å². The molecule has 7 nitrogen and oxygen atoms in total. The predicted octanol–water partition coefficient (Wildman–Crippen LogP) is 2.61. The highest BCUT2D eigenvalue weighted by Gasteiger charge is 2.20. The Morgan fingerprint density at radius 1 is 1.21 bits per heavy atom. The van der Waals surface area contributed by atoms with E-state index in [0.29, 0.717) is 23.0 Å². The first kappa shape index (κ1) is 16.9. The zero-order chi connectivity index (χ0) is 19.3. The number of rotatable bonds is 2. The van der Waals surface area contributed by atoms with Gasteiger partial charge in [0.25, 0.3) is 0 Å². The summed E-state index contributed by atoms with van der Waals surface area (Å²) in [5.74, 6) is 0.834. The molecule has 142 valence electrons. The van der Waals surface area contributed by atoms with Crippen molar-refractivity contribution in [3.8, 4) is 11.3 Å². The van der Waals surface area contributed by atoms with E-state index < -0.39 is 5.63 Å². The van der Waals surface area contributed by atoms with Crippen LogP contribution in [0.3, 0.4) is 0 Å². The fraction of sp³-hybridized carbons (Fsp3) is 0.286. The fourth-order valence-electron chi connectivity index (χ4n) is 3.72. The summed E-state index contributed by atoms with van der Waals surface area (Å²) in [4.78, 5) is 24.1. The molecule has 1 aliphatic rings. The lowest BCUT2D eigenvalue weighted by Crippen LogP contribution is -2.50. The number of hydrogen-bond acceptors (Lipinski definition) is 6. The third kappa shape index (κ3) is 2.84. The highest BCUT2D eigenvalue weighted by Crippen LogP contribution is 2.24. The van der Waals surface area contributed by atoms with Gasteiger partial charge in [-0.3, -0.25) is 0 Å². The number of nitrogens with zero attached hydrogens (tertiary/aromatic N) is 4. The van der Waals surface area contributed by atoms with Crippen molar-refractivity contribution in [1.29, 1.82) is 0 Å². The maximum Gasteiger partial charge on any atom is 0.347 e. The van der Waals surface area contributed by atoms with E-state index in [1.165, 1.54) is 0 Å². The van der Waals surface area contributed by atoms with Gasteiger partial charge >= 0.3 is 5.63 Å². The van der Waals surface area contributed by atoms with Gasteiger partial charge in [0.05, 0.1) is 11.3 Å². The zero-order valence-corrected chi connectivity index (χ0v) is 15.8. The molecule has 5 rings (SSSR count). The molecule has 1 atom stereocenters. The summed E-state index contributed by atoms with van der Waals surface area (Å²) in [5, 5.41) is 4.16. The summed E-state index contributed by atoms with van der Waals surface area (Å²) in [5.41, 5.74) is 2.90. The number of fused-ring (bicyclic) bond motifs is 2. The molecule has 5 heterocycles. The van der Waals surface area contributed by atoms with Crippen LogP contribution in [0.25, 0.3) is 28.0 Å². The predicted molar refractivity (Wildman–Crippen MR) is 109 cm³/mol. The summed E-state index contributed by atoms with van der Waals surface area (Å²) in [6.07, 6.45) is 3.78. The Balaban J connectivity index is 1.58. The molecule has 0 amide bonds. The molecular weight excluding hydrogens is 354 g/mol. The van der Waals surface area contributed by atoms with Crippen LogP contribution in [0, 0.1) is 6.92 Å². The smallest absolute Gasteiger partial charge is 0.347 e. The number of aromatic nitrogens is 3. The highest BCUT2D eigenvalue weighted by molar-refractivity contribution is 5.80. The SMILES string of the molecule is Cc1ccn2cc(-c3cc4ccc(N5CCNC[C@@H]5C)nc4oc3=O)nc2c1. The van der Waals surface area contributed by atoms with E-state index in [0.717, 1.165) is 42.0 Å². The second kappa shape index (κ2) is 6.45. The summed E-state index contributed by atoms with van der Waals surface area (Å²) < 4.78 is 7.48. The van der Waals surface area contributed by atoms with Crippen LogP contribution in [-0.4, -0.2) is 40.0 Å². The molecule has 0 saturated carbocycles. The molecular formula is C21H21N5O2. The number of aryl methyl sites for hydroxylation is 1. The largest absolute Gasteiger partial charge is 0.403 e. The molecule has 28 heavy (non-hydrogen) atoms. The minimum absolute atomic E-state index is 0.339. The van der Waals surface area contributed by atoms with E-state index in [2.05, 4.69) is 27.1 Å². The van der Waals surface area contributed by atoms with Crippen molar-refractivity contribution < 1.29 is 4.42 Å². The first-order valence-electron chi connectivity index (χ1n) is 9.46. The van der Waals surface area contributed by atoms with Crippen molar-refractivity contribution in [3.05, 3.63) is 58.7 Å². The second-order valence-corrected chi connectivity index (χ2v) is 7.35. The lowest BCUT2D eigenvalue weighted by atomic mass is 10.1. The molecule has 0 bridgehead atoms. The quantitative estimate of drug-likeness (QED) is 0.580. The van der Waals surface area contributed by atoms with E-state index in [1.807, 2.05) is 54.0 Å². The first-order chi connectivity index (χ1) is 13.6. The van der Waals surface area contributed by atoms with Crippen molar-refractivity contribution in [2.45, 2.75) is 19.9 Å². The lowest BCUT2D eigenvalue weighted by molar-refractivity contribution is 0.495. The highest BCUT2D eigenvalue weighted by atomic mass is 16.4. The van der Waals surface area contributed by atoms with Crippen LogP contribution >= 0.6 is 0 Å². The van der Waals surface area contributed by atoms with Crippen LogP contribution in [0.1, 0.15) is 12.5 Å². The Morgan fingerprint density at radius 3 is 2.96 bits per heavy atom. The van der Waals surface area contributed by atoms with E-state index in [-0.39, 0.29) is 0 Å². The van der Waals surface area contributed by atoms with Gasteiger partial charge in [0.2, 0.25) is 5.71 Å². The minimum Gasteiger partial charge on any atom is -0.403 e. The number of hydrogen-bond donors (Lipinski definition) is 1. The van der Waals surface area contributed by atoms with Gasteiger partial charge in [-0.25, -0.2) is 9.78 Å². The van der Waals surface area contributed by atoms with E-state index in [4.69, 9.17) is 4.42 Å². The third-order valence-corrected chi connectivity index (χ3v) is 5.27. The summed E-state index contributed by atoms with van der Waals surface area (Å²) in [7, 11) is 0. The molecule has 0 radical (unpaired) electrons. The molecule has 1 N–H and O–H groups in total. The molecule has 0 unspecified atom stereocenters. The topological polar surface area (TPSA) is 75.7 Å². The standard InChI is InChI=1S/C21H21N5O2/c1-13-5-7-25-12-17(23-19(25)9-13)16-10-15-3-4-18(24-20(15)28-21(16)27)26-8-6-22-11-14(26)2/h3-5,7,9-10,12,14,22H,6,8,11H2,1-2H3/t14-/m0/s1. The molecule has 1 fully saturated rings. The zero-order valence-electron chi connectivity index (χ0n) is 15.8. The van der Waals surface area contributed by atoms with Gasteiger partial charge in [-0.15, -0.1) is 0 Å². The van der Waals surface area contributed by atoms with Crippen molar-refractivity contribution in [3.63, 3.8) is 0 Å². The first-order valence-corrected chi connectivity index (χ1v) is 9.46. The average Bonchev–Trinajstić information content (AvgIpc) is 3.10. The van der Waals surface area contributed by atoms with Gasteiger partial charge < -0.3 is 19.0 Å². The van der Waals surface area contributed by atoms with Crippen LogP contribution in [0.5, 0.6) is 0 Å². The van der Waals surface area contributed by atoms with Crippen molar-refractivity contribution >= 4 is 22.6 Å². The number of piperazine rings is 1. The maximum atomic E-state index is 12.6. The fourth-order valence-corrected chi connectivity index (χ4v) is 3.72. The van der Waals surface area contributed by atoms with Crippen LogP contribution in [0.4, 0.5) is 5.82 Å². The summed E-state index contributed by atoms with van der Waals surface area (Å²) in [6, 6.07) is 10.1. The van der Waals surface area contributed by atoms with Gasteiger partial charge in [0.15, 0.2) is 0 Å². The Labute approximate surface area is 161 Å². The maximum absolute atomic E-state index is 12.6. The monoisotopic (exact) mass is 375 g/mol. The average molecular weight is 375 g/mol. The van der Waals surface area contributed by atoms with Gasteiger partial charge in [-0.2, -0.15) is 4.98 Å². The normalized spacial score (nSPS) is 17.5. The van der Waals surface area contributed by atoms with Crippen molar-refractivity contribution in [1.82, 2.24) is 19.7 Å². The number of pyridine rings is 2. The van der Waals surface area contributed by atoms with Crippen LogP contribution < -0.4 is 15.8 Å². The van der Waals surface area contributed by atoms with E-state index in [9.17, 15) is 4.79 Å². The van der Waals surface area contributed by atoms with Gasteiger partial charge in [0, 0.05) is 43.5 Å². The van der Waals surface area contributed by atoms with Crippen LogP contribution in [-0.2, 0) is 0 Å². The summed E-state index contributed by atoms with van der Waals surface area (Å²) in [6.45, 7) is 6.88. The summed E-state index contributed by atoms with van der Waals surface area (Å²) >= 11 is 0. The van der Waals surface area contributed by atoms with Gasteiger partial charge in [0.1, 0.15) is 11.5 Å². The lowest BCUT2D eigenvalue weighted by Gasteiger charge is -2.34. The number of imidazole rings is 1. The molecule has 4 aromatic heterocycles. The number of nitrogens with one attached hydrogen (secondary N) is 1. The van der Waals surface area contributed by atoms with Crippen LogP contribution in [0.15, 0.2) is 51.9 Å². The van der Waals surface area contributed by atoms with Crippen molar-refractivity contribution in [2.75, 3.05) is 24.5 Å². The molecule has 4 aromatic rings. The Morgan fingerprint density at radius 2 is 2.11 bits per heavy atom. The van der Waals surface area contributed by atoms with E-state index >= 15 is 0 Å². The Hall–Kier alpha value is -3.19. The molecule has 0 spiro atoms.